The maximum Gasteiger partial charge on any atom is 0.339 e. The Morgan fingerprint density at radius 1 is 1.28 bits per heavy atom. The van der Waals surface area contributed by atoms with Gasteiger partial charge in [-0.3, -0.25) is 14.8 Å². The number of halogens is 3. The number of nitrogens with one attached hydrogen (secondary N) is 1. The van der Waals surface area contributed by atoms with Crippen LogP contribution < -0.4 is 11.1 Å². The highest BCUT2D eigenvalue weighted by Crippen LogP contribution is 2.44. The third-order valence-electron chi connectivity index (χ3n) is 4.87. The van der Waals surface area contributed by atoms with E-state index in [0.717, 1.165) is 19.1 Å². The highest BCUT2D eigenvalue weighted by atomic mass is 19.3. The number of aromatic nitrogens is 1. The fourth-order valence-corrected chi connectivity index (χ4v) is 3.12. The lowest BCUT2D eigenvalue weighted by atomic mass is 9.85. The van der Waals surface area contributed by atoms with Gasteiger partial charge >= 0.3 is 5.97 Å². The third-order valence-corrected chi connectivity index (χ3v) is 4.87. The van der Waals surface area contributed by atoms with Crippen LogP contribution in [0.25, 0.3) is 0 Å². The first-order chi connectivity index (χ1) is 15.1. The zero-order valence-electron chi connectivity index (χ0n) is 17.3. The van der Waals surface area contributed by atoms with E-state index in [1.54, 1.807) is 6.92 Å². The number of anilines is 1. The minimum absolute atomic E-state index is 0.0404. The normalized spacial score (nSPS) is 20.1. The number of amidine groups is 1. The smallest absolute Gasteiger partial charge is 0.339 e. The Morgan fingerprint density at radius 3 is 2.69 bits per heavy atom. The molecule has 170 valence electrons. The minimum Gasteiger partial charge on any atom is -0.462 e. The minimum atomic E-state index is -3.57. The number of nitrogens with zero attached hydrogens (tertiary/aromatic N) is 2. The molecule has 8 nitrogen and oxygen atoms in total. The molecule has 0 radical (unpaired) electrons. The van der Waals surface area contributed by atoms with Crippen molar-refractivity contribution in [3.8, 4) is 0 Å². The second-order valence-electron chi connectivity index (χ2n) is 7.17. The first-order valence-corrected chi connectivity index (χ1v) is 9.61. The molecule has 0 saturated heterocycles. The number of rotatable bonds is 5. The van der Waals surface area contributed by atoms with E-state index in [-0.39, 0.29) is 36.0 Å². The molecule has 0 unspecified atom stereocenters. The average Bonchev–Trinajstić information content (AvgIpc) is 2.84. The molecule has 0 spiro atoms. The quantitative estimate of drug-likeness (QED) is 0.677. The van der Waals surface area contributed by atoms with Crippen LogP contribution in [0.1, 0.15) is 40.3 Å². The van der Waals surface area contributed by atoms with Gasteiger partial charge in [0.1, 0.15) is 30.6 Å². The van der Waals surface area contributed by atoms with E-state index in [4.69, 9.17) is 15.2 Å². The number of pyridine rings is 1. The zero-order valence-corrected chi connectivity index (χ0v) is 17.3. The topological polar surface area (TPSA) is 116 Å². The van der Waals surface area contributed by atoms with Gasteiger partial charge in [-0.25, -0.2) is 18.0 Å². The van der Waals surface area contributed by atoms with E-state index < -0.39 is 41.3 Å². The summed E-state index contributed by atoms with van der Waals surface area (Å²) in [5.41, 5.74) is 2.97. The number of amides is 1. The molecule has 3 rings (SSSR count). The van der Waals surface area contributed by atoms with E-state index in [1.807, 2.05) is 0 Å². The molecule has 1 aromatic heterocycles. The summed E-state index contributed by atoms with van der Waals surface area (Å²) in [5, 5.41) is 2.47. The van der Waals surface area contributed by atoms with E-state index in [1.165, 1.54) is 24.4 Å². The van der Waals surface area contributed by atoms with Crippen LogP contribution in [0.4, 0.5) is 18.9 Å². The standard InChI is InChI=1S/C21H21F3N4O4/c1-3-32-19(30)12-4-7-16(26-9-12)18(29)27-13-5-6-15(22)14(8-13)20(2)21(23,24)11-31-10-17(25)28-20/h4-9H,3,10-11H2,1-2H3,(H2,25,28)(H,27,29)/t20-/m1/s1. The van der Waals surface area contributed by atoms with Gasteiger partial charge in [-0.2, -0.15) is 0 Å². The number of aliphatic imine (C=N–C) groups is 1. The molecular formula is C21H21F3N4O4. The van der Waals surface area contributed by atoms with Crippen LogP contribution >= 0.6 is 0 Å². The zero-order chi connectivity index (χ0) is 23.5. The van der Waals surface area contributed by atoms with E-state index >= 15 is 0 Å². The molecule has 1 atom stereocenters. The van der Waals surface area contributed by atoms with Crippen LogP contribution in [0.5, 0.6) is 0 Å². The van der Waals surface area contributed by atoms with Crippen molar-refractivity contribution in [2.45, 2.75) is 25.3 Å². The summed E-state index contributed by atoms with van der Waals surface area (Å²) < 4.78 is 53.8. The third kappa shape index (κ3) is 4.57. The molecule has 1 aliphatic rings. The van der Waals surface area contributed by atoms with Gasteiger partial charge in [-0.15, -0.1) is 0 Å². The second kappa shape index (κ2) is 8.95. The number of esters is 1. The van der Waals surface area contributed by atoms with E-state index in [0.29, 0.717) is 0 Å². The number of hydrogen-bond acceptors (Lipinski definition) is 7. The Kier molecular flexibility index (Phi) is 6.49. The number of nitrogens with two attached hydrogens (primary N) is 1. The lowest BCUT2D eigenvalue weighted by molar-refractivity contribution is -0.116. The van der Waals surface area contributed by atoms with Gasteiger partial charge < -0.3 is 20.5 Å². The summed E-state index contributed by atoms with van der Waals surface area (Å²) in [6.07, 6.45) is 1.17. The Labute approximate surface area is 181 Å². The van der Waals surface area contributed by atoms with Crippen LogP contribution in [0.15, 0.2) is 41.5 Å². The summed E-state index contributed by atoms with van der Waals surface area (Å²) in [7, 11) is 0. The number of alkyl halides is 2. The van der Waals surface area contributed by atoms with Gasteiger partial charge in [-0.05, 0) is 44.2 Å². The molecular weight excluding hydrogens is 429 g/mol. The van der Waals surface area contributed by atoms with Gasteiger partial charge in [0.15, 0.2) is 5.54 Å². The highest BCUT2D eigenvalue weighted by molar-refractivity contribution is 6.03. The van der Waals surface area contributed by atoms with Crippen LogP contribution in [0, 0.1) is 5.82 Å². The summed E-state index contributed by atoms with van der Waals surface area (Å²) >= 11 is 0. The van der Waals surface area contributed by atoms with E-state index in [9.17, 15) is 22.8 Å². The molecule has 32 heavy (non-hydrogen) atoms. The van der Waals surface area contributed by atoms with Crippen molar-refractivity contribution in [3.05, 3.63) is 59.2 Å². The van der Waals surface area contributed by atoms with Crippen molar-refractivity contribution in [1.82, 2.24) is 4.98 Å². The summed E-state index contributed by atoms with van der Waals surface area (Å²) in [6.45, 7) is 1.58. The molecule has 0 saturated carbocycles. The first kappa shape index (κ1) is 23.2. The molecule has 1 aromatic carbocycles. The van der Waals surface area contributed by atoms with Crippen LogP contribution in [-0.2, 0) is 15.0 Å². The Hall–Kier alpha value is -3.47. The van der Waals surface area contributed by atoms with Gasteiger partial charge in [-0.1, -0.05) is 0 Å². The van der Waals surface area contributed by atoms with Crippen molar-refractivity contribution in [3.63, 3.8) is 0 Å². The number of carbonyl (C=O) groups is 2. The molecule has 1 amide bonds. The number of hydrogen-bond donors (Lipinski definition) is 2. The van der Waals surface area contributed by atoms with Crippen molar-refractivity contribution >= 4 is 23.4 Å². The number of benzene rings is 1. The Morgan fingerprint density at radius 2 is 2.03 bits per heavy atom. The molecule has 11 heteroatoms. The van der Waals surface area contributed by atoms with Crippen LogP contribution in [-0.4, -0.2) is 48.4 Å². The number of carbonyl (C=O) groups excluding carboxylic acids is 2. The van der Waals surface area contributed by atoms with Crippen LogP contribution in [0.2, 0.25) is 0 Å². The van der Waals surface area contributed by atoms with Gasteiger partial charge in [0.05, 0.1) is 12.2 Å². The molecule has 2 aromatic rings. The first-order valence-electron chi connectivity index (χ1n) is 9.61. The fourth-order valence-electron chi connectivity index (χ4n) is 3.12. The van der Waals surface area contributed by atoms with Crippen molar-refractivity contribution < 1.29 is 32.2 Å². The molecule has 0 fully saturated rings. The second-order valence-corrected chi connectivity index (χ2v) is 7.17. The van der Waals surface area contributed by atoms with Gasteiger partial charge in [0.25, 0.3) is 11.8 Å². The molecule has 0 aliphatic carbocycles. The van der Waals surface area contributed by atoms with Crippen molar-refractivity contribution in [2.24, 2.45) is 10.7 Å². The number of ether oxygens (including phenoxy) is 2. The van der Waals surface area contributed by atoms with Crippen molar-refractivity contribution in [1.29, 1.82) is 0 Å². The Bertz CT molecular complexity index is 1060. The summed E-state index contributed by atoms with van der Waals surface area (Å²) in [5.74, 6) is -5.99. The lowest BCUT2D eigenvalue weighted by Gasteiger charge is -2.33. The maximum atomic E-state index is 14.8. The van der Waals surface area contributed by atoms with E-state index in [2.05, 4.69) is 15.3 Å². The monoisotopic (exact) mass is 450 g/mol. The average molecular weight is 450 g/mol. The molecule has 0 bridgehead atoms. The Balaban J connectivity index is 1.88. The molecule has 2 heterocycles. The molecule has 1 aliphatic heterocycles. The van der Waals surface area contributed by atoms with Crippen LogP contribution in [0.3, 0.4) is 0 Å². The van der Waals surface area contributed by atoms with Crippen molar-refractivity contribution in [2.75, 3.05) is 25.1 Å². The maximum absolute atomic E-state index is 14.8. The predicted octanol–water partition coefficient (Wildman–Crippen LogP) is 2.89. The van der Waals surface area contributed by atoms with Gasteiger partial charge in [0, 0.05) is 17.4 Å². The predicted molar refractivity (Wildman–Crippen MR) is 109 cm³/mol. The highest BCUT2D eigenvalue weighted by Gasteiger charge is 2.54. The summed E-state index contributed by atoms with van der Waals surface area (Å²) in [6, 6.07) is 5.89. The summed E-state index contributed by atoms with van der Waals surface area (Å²) in [4.78, 5) is 31.9. The van der Waals surface area contributed by atoms with Gasteiger partial charge in [0.2, 0.25) is 0 Å². The SMILES string of the molecule is CCOC(=O)c1ccc(C(=O)Nc2ccc(F)c([C@@]3(C)N=C(N)COCC3(F)F)c2)nc1. The molecule has 3 N–H and O–H groups in total. The lowest BCUT2D eigenvalue weighted by Crippen LogP contribution is -2.45. The largest absolute Gasteiger partial charge is 0.462 e. The fraction of sp³-hybridized carbons (Fsp3) is 0.333.